The fraction of sp³-hybridized carbons (Fsp3) is 0.250. The number of morpholine rings is 1. The molecule has 0 aliphatic carbocycles. The smallest absolute Gasteiger partial charge is 0.257 e. The van der Waals surface area contributed by atoms with Crippen LogP contribution < -0.4 is 10.2 Å². The third kappa shape index (κ3) is 3.75. The van der Waals surface area contributed by atoms with Gasteiger partial charge in [-0.05, 0) is 24.3 Å². The van der Waals surface area contributed by atoms with Gasteiger partial charge >= 0.3 is 0 Å². The highest BCUT2D eigenvalue weighted by molar-refractivity contribution is 6.05. The van der Waals surface area contributed by atoms with Crippen LogP contribution in [0.25, 0.3) is 0 Å². The van der Waals surface area contributed by atoms with E-state index in [1.165, 1.54) is 0 Å². The van der Waals surface area contributed by atoms with Gasteiger partial charge in [-0.25, -0.2) is 0 Å². The van der Waals surface area contributed by atoms with Gasteiger partial charge in [0.15, 0.2) is 0 Å². The molecule has 1 N–H and O–H groups in total. The van der Waals surface area contributed by atoms with Crippen molar-refractivity contribution in [3.8, 4) is 0 Å². The van der Waals surface area contributed by atoms with E-state index in [1.807, 2.05) is 24.3 Å². The minimum Gasteiger partial charge on any atom is -0.378 e. The molecule has 1 saturated heterocycles. The summed E-state index contributed by atoms with van der Waals surface area (Å²) in [5.74, 6) is -0.149. The summed E-state index contributed by atoms with van der Waals surface area (Å²) in [6, 6.07) is 11.3. The average molecular weight is 320 g/mol. The lowest BCUT2D eigenvalue weighted by molar-refractivity contribution is 0.102. The number of halogens is 1. The standard InChI is InChI=1S/C16H17N3O2.ClH/c20-16(13-4-3-7-17-12-13)18-14-5-1-2-6-15(14)19-8-10-21-11-9-19;/h1-7,12H,8-11H2,(H,18,20);1H. The molecular formula is C16H18ClN3O2. The second-order valence-corrected chi connectivity index (χ2v) is 4.81. The maximum atomic E-state index is 12.3. The number of carbonyl (C=O) groups is 1. The predicted molar refractivity (Wildman–Crippen MR) is 88.9 cm³/mol. The summed E-state index contributed by atoms with van der Waals surface area (Å²) in [5.41, 5.74) is 2.39. The summed E-state index contributed by atoms with van der Waals surface area (Å²) >= 11 is 0. The molecule has 0 unspecified atom stereocenters. The van der Waals surface area contributed by atoms with E-state index in [0.717, 1.165) is 24.5 Å². The highest BCUT2D eigenvalue weighted by Gasteiger charge is 2.16. The third-order valence-electron chi connectivity index (χ3n) is 3.43. The number of amides is 1. The molecule has 22 heavy (non-hydrogen) atoms. The Morgan fingerprint density at radius 3 is 2.64 bits per heavy atom. The Kier molecular flexibility index (Phi) is 5.75. The van der Waals surface area contributed by atoms with Crippen molar-refractivity contribution >= 4 is 29.7 Å². The van der Waals surface area contributed by atoms with E-state index in [2.05, 4.69) is 15.2 Å². The molecule has 1 aliphatic heterocycles. The van der Waals surface area contributed by atoms with Crippen LogP contribution in [0.2, 0.25) is 0 Å². The first kappa shape index (κ1) is 16.3. The van der Waals surface area contributed by atoms with Gasteiger partial charge in [0.2, 0.25) is 0 Å². The summed E-state index contributed by atoms with van der Waals surface area (Å²) < 4.78 is 5.37. The van der Waals surface area contributed by atoms with Crippen molar-refractivity contribution < 1.29 is 9.53 Å². The molecule has 2 aromatic rings. The molecule has 1 aromatic heterocycles. The molecule has 0 atom stereocenters. The van der Waals surface area contributed by atoms with Crippen molar-refractivity contribution in [1.82, 2.24) is 4.98 Å². The molecule has 1 fully saturated rings. The minimum atomic E-state index is -0.149. The quantitative estimate of drug-likeness (QED) is 0.945. The molecule has 0 spiro atoms. The summed E-state index contributed by atoms with van der Waals surface area (Å²) in [5, 5.41) is 2.96. The number of aromatic nitrogens is 1. The number of carbonyl (C=O) groups excluding carboxylic acids is 1. The number of benzene rings is 1. The molecule has 6 heteroatoms. The number of nitrogens with one attached hydrogen (secondary N) is 1. The molecule has 0 saturated carbocycles. The molecule has 5 nitrogen and oxygen atoms in total. The van der Waals surface area contributed by atoms with Crippen molar-refractivity contribution in [3.63, 3.8) is 0 Å². The van der Waals surface area contributed by atoms with E-state index < -0.39 is 0 Å². The van der Waals surface area contributed by atoms with Crippen molar-refractivity contribution in [1.29, 1.82) is 0 Å². The van der Waals surface area contributed by atoms with Crippen LogP contribution >= 0.6 is 12.4 Å². The molecule has 0 bridgehead atoms. The molecule has 1 aromatic carbocycles. The van der Waals surface area contributed by atoms with Crippen LogP contribution in [0.1, 0.15) is 10.4 Å². The highest BCUT2D eigenvalue weighted by Crippen LogP contribution is 2.26. The number of pyridine rings is 1. The zero-order valence-electron chi connectivity index (χ0n) is 12.1. The van der Waals surface area contributed by atoms with E-state index >= 15 is 0 Å². The zero-order valence-corrected chi connectivity index (χ0v) is 12.9. The lowest BCUT2D eigenvalue weighted by Crippen LogP contribution is -2.36. The van der Waals surface area contributed by atoms with Crippen LogP contribution in [0, 0.1) is 0 Å². The first-order chi connectivity index (χ1) is 10.3. The van der Waals surface area contributed by atoms with Crippen molar-refractivity contribution in [2.24, 2.45) is 0 Å². The summed E-state index contributed by atoms with van der Waals surface area (Å²) in [4.78, 5) is 18.5. The van der Waals surface area contributed by atoms with E-state index in [-0.39, 0.29) is 18.3 Å². The molecule has 1 amide bonds. The first-order valence-corrected chi connectivity index (χ1v) is 6.98. The normalized spacial score (nSPS) is 14.1. The summed E-state index contributed by atoms with van der Waals surface area (Å²) in [6.07, 6.45) is 3.21. The average Bonchev–Trinajstić information content (AvgIpc) is 2.57. The monoisotopic (exact) mass is 319 g/mol. The predicted octanol–water partition coefficient (Wildman–Crippen LogP) is 2.59. The second kappa shape index (κ2) is 7.77. The van der Waals surface area contributed by atoms with Crippen LogP contribution in [0.4, 0.5) is 11.4 Å². The number of ether oxygens (including phenoxy) is 1. The van der Waals surface area contributed by atoms with Gasteiger partial charge in [-0.15, -0.1) is 12.4 Å². The molecule has 0 radical (unpaired) electrons. The maximum Gasteiger partial charge on any atom is 0.257 e. The Morgan fingerprint density at radius 2 is 1.91 bits per heavy atom. The van der Waals surface area contributed by atoms with Gasteiger partial charge in [-0.3, -0.25) is 9.78 Å². The van der Waals surface area contributed by atoms with Gasteiger partial charge in [-0.1, -0.05) is 12.1 Å². The Labute approximate surface area is 135 Å². The second-order valence-electron chi connectivity index (χ2n) is 4.81. The molecule has 2 heterocycles. The van der Waals surface area contributed by atoms with Crippen LogP contribution in [0.3, 0.4) is 0 Å². The number of hydrogen-bond donors (Lipinski definition) is 1. The van der Waals surface area contributed by atoms with E-state index in [1.54, 1.807) is 24.5 Å². The Morgan fingerprint density at radius 1 is 1.14 bits per heavy atom. The van der Waals surface area contributed by atoms with Gasteiger partial charge in [0.05, 0.1) is 30.2 Å². The summed E-state index contributed by atoms with van der Waals surface area (Å²) in [6.45, 7) is 3.09. The highest BCUT2D eigenvalue weighted by atomic mass is 35.5. The van der Waals surface area contributed by atoms with Gasteiger partial charge in [-0.2, -0.15) is 0 Å². The van der Waals surface area contributed by atoms with Crippen LogP contribution in [0.15, 0.2) is 48.8 Å². The number of para-hydroxylation sites is 2. The SMILES string of the molecule is Cl.O=C(Nc1ccccc1N1CCOCC1)c1cccnc1. The number of anilines is 2. The third-order valence-corrected chi connectivity index (χ3v) is 3.43. The van der Waals surface area contributed by atoms with Crippen LogP contribution in [-0.4, -0.2) is 37.2 Å². The van der Waals surface area contributed by atoms with Crippen LogP contribution in [0.5, 0.6) is 0 Å². The van der Waals surface area contributed by atoms with Crippen molar-refractivity contribution in [3.05, 3.63) is 54.4 Å². The Hall–Kier alpha value is -2.11. The topological polar surface area (TPSA) is 54.5 Å². The molecular weight excluding hydrogens is 302 g/mol. The van der Waals surface area contributed by atoms with E-state index in [9.17, 15) is 4.79 Å². The lowest BCUT2D eigenvalue weighted by Gasteiger charge is -2.30. The van der Waals surface area contributed by atoms with E-state index in [4.69, 9.17) is 4.74 Å². The van der Waals surface area contributed by atoms with Gasteiger partial charge < -0.3 is 15.0 Å². The summed E-state index contributed by atoms with van der Waals surface area (Å²) in [7, 11) is 0. The number of hydrogen-bond acceptors (Lipinski definition) is 4. The van der Waals surface area contributed by atoms with Gasteiger partial charge in [0.25, 0.3) is 5.91 Å². The Bertz CT molecular complexity index is 616. The van der Waals surface area contributed by atoms with Gasteiger partial charge in [0.1, 0.15) is 0 Å². The van der Waals surface area contributed by atoms with Crippen LogP contribution in [-0.2, 0) is 4.74 Å². The van der Waals surface area contributed by atoms with Gasteiger partial charge in [0, 0.05) is 25.5 Å². The molecule has 3 rings (SSSR count). The maximum absolute atomic E-state index is 12.3. The minimum absolute atomic E-state index is 0. The molecule has 1 aliphatic rings. The first-order valence-electron chi connectivity index (χ1n) is 6.98. The number of nitrogens with zero attached hydrogens (tertiary/aromatic N) is 2. The van der Waals surface area contributed by atoms with E-state index in [0.29, 0.717) is 18.8 Å². The largest absolute Gasteiger partial charge is 0.378 e. The number of rotatable bonds is 3. The Balaban J connectivity index is 0.00000176. The fourth-order valence-electron chi connectivity index (χ4n) is 2.35. The lowest BCUT2D eigenvalue weighted by atomic mass is 10.2. The van der Waals surface area contributed by atoms with Crippen molar-refractivity contribution in [2.45, 2.75) is 0 Å². The van der Waals surface area contributed by atoms with Crippen molar-refractivity contribution in [2.75, 3.05) is 36.5 Å². The fourth-order valence-corrected chi connectivity index (χ4v) is 2.35. The molecule has 116 valence electrons. The zero-order chi connectivity index (χ0) is 14.5.